The second kappa shape index (κ2) is 47.8. The Bertz CT molecular complexity index is 6330. The number of unbranched alkanes of at least 4 members (excludes halogenated alkanes) is 1. The Kier molecular flexibility index (Phi) is 35.6. The number of nitrogens with one attached hydrogen (secondary N) is 11. The number of primary amides is 1. The smallest absolute Gasteiger partial charge is 0.352 e. The SMILES string of the molecule is CN[C@H](CC(C)C)C(=O)N[C@H]1C(=O)N[C@@H](CC(N)=O)C(=O)N[C@H]2C(=O)N[C@H]3C(=O)N[C@H](C(=O)N[C@H](C(=O)O)c4cc(O)cc(O)c4-c4cc3ccc4O)[C@H](O)c3ccc(c(Cl)c3)Oc3cc2cc(c3O[C@@H]2O[C@H](CO)[C@@H](O)[C@H](O)[C@H]2O[C@H]2C[C@](C)(NCCNC(=O)CCCCC(=O)NCCCO/N=C(\C(=O)N[C@@H]3C(=O)N4C(C(=O)O)=C(C[n+]5ccccc5)CS[C@H]34)c3nc(N)sc3Cl)[C@H](O)[C@H](C)O2)Oc2ccc(cc2Cl)[C@H]1O. The number of aliphatic carboxylic acids is 2. The number of oxime groups is 1. The summed E-state index contributed by atoms with van der Waals surface area (Å²) >= 11 is 22.9. The molecule has 7 aromatic rings. The first-order chi connectivity index (χ1) is 70.4. The number of carbonyl (C=O) groups is 13. The van der Waals surface area contributed by atoms with Crippen molar-refractivity contribution in [2.24, 2.45) is 16.8 Å². The fourth-order valence-corrected chi connectivity index (χ4v) is 20.6. The number of carboxylic acid groups (broad SMARTS) is 2. The summed E-state index contributed by atoms with van der Waals surface area (Å²) in [6.07, 6.45) is -15.5. The molecule has 0 aliphatic carbocycles. The van der Waals surface area contributed by atoms with Crippen LogP contribution >= 0.6 is 57.9 Å². The zero-order valence-corrected chi connectivity index (χ0v) is 83.4. The van der Waals surface area contributed by atoms with E-state index >= 15 is 24.0 Å². The number of benzene rings is 5. The normalized spacial score (nSPS) is 25.8. The number of hydrogen-bond acceptors (Lipinski definition) is 36. The number of likely N-dealkylation sites (N-methyl/N-ethyl adjacent to an activating group) is 1. The van der Waals surface area contributed by atoms with E-state index in [-0.39, 0.29) is 127 Å². The van der Waals surface area contributed by atoms with E-state index in [1.54, 1.807) is 49.9 Å². The fourth-order valence-electron chi connectivity index (χ4n) is 17.8. The van der Waals surface area contributed by atoms with Crippen LogP contribution < -0.4 is 88.7 Å². The largest absolute Gasteiger partial charge is 0.508 e. The number of ether oxygens (including phenoxy) is 6. The molecule has 11 bridgehead atoms. The number of pyridine rings is 1. The molecule has 148 heavy (non-hydrogen) atoms. The van der Waals surface area contributed by atoms with Gasteiger partial charge in [-0.2, -0.15) is 0 Å². The number of hydrogen-bond donors (Lipinski definition) is 24. The Morgan fingerprint density at radius 2 is 1.35 bits per heavy atom. The predicted octanol–water partition coefficient (Wildman–Crippen LogP) is 0.759. The second-order valence-electron chi connectivity index (χ2n) is 36.4. The van der Waals surface area contributed by atoms with E-state index in [0.29, 0.717) is 5.57 Å². The number of thiazole rings is 1. The van der Waals surface area contributed by atoms with E-state index in [1.165, 1.54) is 31.8 Å². The summed E-state index contributed by atoms with van der Waals surface area (Å²) < 4.78 is 41.1. The average molecular weight is 2160 g/mol. The van der Waals surface area contributed by atoms with Crippen LogP contribution in [-0.4, -0.2) is 285 Å². The lowest BCUT2D eigenvalue weighted by Crippen LogP contribution is -2.71. The number of aromatic nitrogens is 2. The van der Waals surface area contributed by atoms with Crippen molar-refractivity contribution < 1.29 is 156 Å². The number of nitrogens with zero attached hydrogens (tertiary/aromatic N) is 4. The summed E-state index contributed by atoms with van der Waals surface area (Å²) in [4.78, 5) is 196. The number of nitrogens with two attached hydrogens (primary N) is 2. The fraction of sp³-hybridized carbons (Fsp3) is 0.432. The van der Waals surface area contributed by atoms with Crippen LogP contribution in [0.4, 0.5) is 5.13 Å². The summed E-state index contributed by atoms with van der Waals surface area (Å²) in [6, 6.07) is 2.88. The molecule has 3 fully saturated rings. The molecule has 16 rings (SSSR count). The topological polar surface area (TPSA) is 726 Å². The molecule has 20 atom stereocenters. The number of amides is 11. The summed E-state index contributed by atoms with van der Waals surface area (Å²) in [5.41, 5.74) is 6.97. The summed E-state index contributed by atoms with van der Waals surface area (Å²) in [5.74, 6) is -20.1. The van der Waals surface area contributed by atoms with Gasteiger partial charge >= 0.3 is 11.9 Å². The number of phenols is 3. The van der Waals surface area contributed by atoms with Gasteiger partial charge in [-0.15, -0.1) is 11.8 Å². The highest BCUT2D eigenvalue weighted by Gasteiger charge is 2.57. The number of thioether (sulfide) groups is 1. The van der Waals surface area contributed by atoms with Gasteiger partial charge in [0.1, 0.15) is 123 Å². The Balaban J connectivity index is 0.708. The summed E-state index contributed by atoms with van der Waals surface area (Å²) in [7, 11) is 1.46. The Labute approximate surface area is 865 Å². The average Bonchev–Trinajstić information content (AvgIpc) is 0.750. The molecule has 0 saturated carbocycles. The van der Waals surface area contributed by atoms with E-state index < -0.39 is 294 Å². The van der Waals surface area contributed by atoms with E-state index in [0.717, 1.165) is 89.0 Å². The van der Waals surface area contributed by atoms with Gasteiger partial charge < -0.3 is 159 Å². The summed E-state index contributed by atoms with van der Waals surface area (Å²) in [5, 5.41) is 158. The second-order valence-corrected chi connectivity index (χ2v) is 40.0. The number of anilines is 1. The van der Waals surface area contributed by atoms with Gasteiger partial charge in [0.2, 0.25) is 65.2 Å². The molecule has 53 heteroatoms. The lowest BCUT2D eigenvalue weighted by atomic mass is 9.85. The number of aromatic hydroxyl groups is 3. The van der Waals surface area contributed by atoms with Crippen LogP contribution in [0, 0.1) is 5.92 Å². The predicted molar refractivity (Wildman–Crippen MR) is 523 cm³/mol. The Morgan fingerprint density at radius 1 is 0.709 bits per heavy atom. The van der Waals surface area contributed by atoms with Crippen molar-refractivity contribution in [1.29, 1.82) is 0 Å². The lowest BCUT2D eigenvalue weighted by Gasteiger charge is -2.49. The molecule has 48 nitrogen and oxygen atoms in total. The van der Waals surface area contributed by atoms with Crippen LogP contribution in [0.3, 0.4) is 0 Å². The lowest BCUT2D eigenvalue weighted by molar-refractivity contribution is -0.689. The first-order valence-corrected chi connectivity index (χ1v) is 49.6. The van der Waals surface area contributed by atoms with Gasteiger partial charge in [0.25, 0.3) is 11.8 Å². The molecule has 0 spiro atoms. The molecule has 0 unspecified atom stereocenters. The highest BCUT2D eigenvalue weighted by molar-refractivity contribution is 8.00. The van der Waals surface area contributed by atoms with Crippen LogP contribution in [0.1, 0.15) is 143 Å². The number of halogens is 3. The van der Waals surface area contributed by atoms with Crippen molar-refractivity contribution in [3.63, 3.8) is 0 Å². The number of nitrogen functional groups attached to an aromatic ring is 1. The Hall–Kier alpha value is -13.4. The van der Waals surface area contributed by atoms with E-state index in [9.17, 15) is 94.5 Å². The zero-order valence-electron chi connectivity index (χ0n) is 79.5. The maximum atomic E-state index is 16.3. The molecule has 9 aliphatic rings. The van der Waals surface area contributed by atoms with Crippen molar-refractivity contribution in [2.45, 2.75) is 206 Å². The molecule has 792 valence electrons. The molecule has 11 amide bonds. The van der Waals surface area contributed by atoms with Gasteiger partial charge in [0.05, 0.1) is 41.3 Å². The minimum atomic E-state index is -2.42. The highest BCUT2D eigenvalue weighted by Crippen LogP contribution is 2.51. The molecule has 2 aromatic heterocycles. The number of phenolic OH excluding ortho intramolecular Hbond substituents is 3. The number of β-lactam (4-membered cyclic amide) rings is 1. The van der Waals surface area contributed by atoms with Crippen LogP contribution in [-0.2, 0) is 87.9 Å². The van der Waals surface area contributed by atoms with E-state index in [1.807, 2.05) is 6.07 Å². The van der Waals surface area contributed by atoms with Crippen LogP contribution in [0.25, 0.3) is 11.1 Å². The third-order valence-corrected chi connectivity index (χ3v) is 28.4. The van der Waals surface area contributed by atoms with Crippen LogP contribution in [0.5, 0.6) is 46.0 Å². The molecule has 5 aromatic carbocycles. The molecule has 3 saturated heterocycles. The third-order valence-electron chi connectivity index (χ3n) is 25.4. The maximum Gasteiger partial charge on any atom is 0.352 e. The minimum Gasteiger partial charge on any atom is -0.508 e. The van der Waals surface area contributed by atoms with Crippen LogP contribution in [0.15, 0.2) is 126 Å². The van der Waals surface area contributed by atoms with Crippen molar-refractivity contribution in [3.8, 4) is 57.1 Å². The number of aliphatic hydroxyl groups is 6. The number of carboxylic acids is 2. The minimum absolute atomic E-state index is 0.00492. The van der Waals surface area contributed by atoms with Crippen molar-refractivity contribution in [2.75, 3.05) is 51.4 Å². The quantitative estimate of drug-likeness (QED) is 0.00887. The first-order valence-electron chi connectivity index (χ1n) is 46.6. The number of fused-ring (bicyclic) bond motifs is 16. The van der Waals surface area contributed by atoms with Gasteiger partial charge in [-0.1, -0.05) is 89.4 Å². The van der Waals surface area contributed by atoms with Gasteiger partial charge in [-0.25, -0.2) is 19.1 Å². The number of carbonyl (C=O) groups excluding carboxylic acids is 11. The summed E-state index contributed by atoms with van der Waals surface area (Å²) in [6.45, 7) is 5.78. The maximum absolute atomic E-state index is 16.3. The van der Waals surface area contributed by atoms with Crippen LogP contribution in [0.2, 0.25) is 14.4 Å². The molecular weight excluding hydrogens is 2050 g/mol. The van der Waals surface area contributed by atoms with Crippen molar-refractivity contribution in [1.82, 2.24) is 68.4 Å². The standard InChI is InChI=1S/C95H108Cl3N17O31S2/c1-39(2)26-51(101-5)82(128)109-70-74(123)42-15-18-55(49(96)28-42)142-57-30-44-31-58(143-56-19-16-43(29-50(56)97)75(124)71-88(134)108-67(91(136)137)48-32-46(117)33-54(119)64(48)47-27-41(14-17-53(47)118)65(84(130)110-71)107-85(131)66(44)106-83(129)52(34-60(99)120)105-87(70)133)78(57)146-93-79(77(126)76(125)59(37-116)144-93)145-63-35-95(4,80(127)40(3)141-63)104-22-21-103-62(122)13-8-7-12-61(121)102-20-11-25-140-113-69(68-81(98)148-94(100)112-68)86(132)111-72-89(135)115-73(92(138)139)45(38-147-90(72)115)36-114-23-9-6-10-24-114/h6,9-10,14-19,23-24,27-33,39-40,51-52,59,63,65-67,70-72,74-77,79-80,90,93,101,104,116,123-127H,7-8,11-13,20-22,25-26,34-38H2,1-5H3,(H17-,99,100,102,103,105,106,107,108,109,110,111,112,113,117,118,119,120,121,122,128,129,130,131,132,133,134,136,137,138,139)/p+1/t40-,51+,52-,59+,63-,65+,66+,67-,70+,71-,72+,74+,75+,76+,77-,79+,80+,90+,93-,95-/m0/s1. The molecule has 11 heterocycles. The van der Waals surface area contributed by atoms with Gasteiger partial charge in [0, 0.05) is 97.1 Å². The van der Waals surface area contributed by atoms with E-state index in [4.69, 9.17) is 79.5 Å². The van der Waals surface area contributed by atoms with Crippen molar-refractivity contribution in [3.05, 3.63) is 169 Å². The molecule has 9 aliphatic heterocycles. The van der Waals surface area contributed by atoms with E-state index in [2.05, 4.69) is 68.6 Å². The molecule has 26 N–H and O–H groups in total. The first kappa shape index (κ1) is 110. The van der Waals surface area contributed by atoms with Gasteiger partial charge in [-0.05, 0) is 123 Å². The monoisotopic (exact) mass is 2150 g/mol. The van der Waals surface area contributed by atoms with Crippen molar-refractivity contribution >= 4 is 146 Å². The number of rotatable bonds is 33. The number of aliphatic hydroxyl groups excluding tert-OH is 6. The van der Waals surface area contributed by atoms with Gasteiger partial charge in [0.15, 0.2) is 59.7 Å². The Morgan fingerprint density at radius 3 is 1.97 bits per heavy atom. The van der Waals surface area contributed by atoms with Gasteiger partial charge in [-0.3, -0.25) is 57.6 Å². The highest BCUT2D eigenvalue weighted by atomic mass is 35.5. The third kappa shape index (κ3) is 25.2. The zero-order chi connectivity index (χ0) is 107. The molecule has 0 radical (unpaired) electrons. The molecular formula is C95H109Cl3N17O31S2+.